The SMILES string of the molecule is CCC(O)c1cc2n(n1)CCCN(c1cc(C)c3cc(SC)ccc3n1)C2. The van der Waals surface area contributed by atoms with E-state index in [1.165, 1.54) is 15.8 Å². The van der Waals surface area contributed by atoms with Crippen LogP contribution >= 0.6 is 11.8 Å². The summed E-state index contributed by atoms with van der Waals surface area (Å²) in [6.45, 7) is 6.74. The minimum absolute atomic E-state index is 0.482. The predicted octanol–water partition coefficient (Wildman–Crippen LogP) is 4.32. The van der Waals surface area contributed by atoms with E-state index in [4.69, 9.17) is 4.98 Å². The number of hydrogen-bond donors (Lipinski definition) is 1. The van der Waals surface area contributed by atoms with E-state index in [9.17, 15) is 5.11 Å². The number of aliphatic hydroxyl groups excluding tert-OH is 1. The van der Waals surface area contributed by atoms with Gasteiger partial charge in [0.25, 0.3) is 0 Å². The van der Waals surface area contributed by atoms with Gasteiger partial charge in [-0.25, -0.2) is 4.98 Å². The molecule has 1 N–H and O–H groups in total. The van der Waals surface area contributed by atoms with E-state index in [0.29, 0.717) is 6.42 Å². The summed E-state index contributed by atoms with van der Waals surface area (Å²) in [5.41, 5.74) is 4.22. The molecule has 4 rings (SSSR count). The lowest BCUT2D eigenvalue weighted by Gasteiger charge is -2.22. The molecule has 0 saturated heterocycles. The molecule has 1 aliphatic rings. The van der Waals surface area contributed by atoms with Crippen LogP contribution in [0.25, 0.3) is 10.9 Å². The van der Waals surface area contributed by atoms with Crippen LogP contribution in [0.15, 0.2) is 35.2 Å². The number of aliphatic hydroxyl groups is 1. The number of aromatic nitrogens is 3. The molecule has 0 spiro atoms. The first-order valence-corrected chi connectivity index (χ1v) is 10.8. The molecule has 142 valence electrons. The van der Waals surface area contributed by atoms with Crippen molar-refractivity contribution >= 4 is 28.5 Å². The molecule has 0 fully saturated rings. The van der Waals surface area contributed by atoms with Gasteiger partial charge in [0.2, 0.25) is 0 Å². The molecular weight excluding hydrogens is 356 g/mol. The number of pyridine rings is 1. The smallest absolute Gasteiger partial charge is 0.129 e. The fourth-order valence-corrected chi connectivity index (χ4v) is 4.14. The Balaban J connectivity index is 1.67. The van der Waals surface area contributed by atoms with Gasteiger partial charge in [-0.2, -0.15) is 5.10 Å². The van der Waals surface area contributed by atoms with E-state index in [2.05, 4.69) is 47.4 Å². The molecule has 1 aliphatic heterocycles. The van der Waals surface area contributed by atoms with Gasteiger partial charge in [-0.05, 0) is 61.9 Å². The Morgan fingerprint density at radius 1 is 1.22 bits per heavy atom. The molecule has 1 unspecified atom stereocenters. The number of rotatable bonds is 4. The standard InChI is InChI=1S/C21H26N4OS/c1-4-20(26)19-11-15-13-24(8-5-9-25(15)23-19)21-10-14(2)17-12-16(27-3)6-7-18(17)22-21/h6-7,10-12,20,26H,4-5,8-9,13H2,1-3H3. The summed E-state index contributed by atoms with van der Waals surface area (Å²) in [7, 11) is 0. The van der Waals surface area contributed by atoms with Crippen LogP contribution < -0.4 is 4.90 Å². The Bertz CT molecular complexity index is 968. The number of fused-ring (bicyclic) bond motifs is 2. The van der Waals surface area contributed by atoms with Crippen LogP contribution in [0.5, 0.6) is 0 Å². The molecule has 3 aromatic rings. The number of thioether (sulfide) groups is 1. The lowest BCUT2D eigenvalue weighted by molar-refractivity contribution is 0.168. The van der Waals surface area contributed by atoms with Gasteiger partial charge in [0, 0.05) is 23.4 Å². The molecule has 0 aliphatic carbocycles. The summed E-state index contributed by atoms with van der Waals surface area (Å²) in [6.07, 6.45) is 3.32. The summed E-state index contributed by atoms with van der Waals surface area (Å²) in [5.74, 6) is 1.02. The van der Waals surface area contributed by atoms with E-state index in [0.717, 1.165) is 48.8 Å². The minimum Gasteiger partial charge on any atom is -0.387 e. The van der Waals surface area contributed by atoms with Gasteiger partial charge in [-0.1, -0.05) is 6.92 Å². The predicted molar refractivity (Wildman–Crippen MR) is 111 cm³/mol. The van der Waals surface area contributed by atoms with Gasteiger partial charge in [0.05, 0.1) is 29.6 Å². The van der Waals surface area contributed by atoms with Crippen molar-refractivity contribution < 1.29 is 5.11 Å². The normalized spacial score (nSPS) is 15.6. The molecular formula is C21H26N4OS. The first kappa shape index (κ1) is 18.3. The van der Waals surface area contributed by atoms with Crippen molar-refractivity contribution in [3.63, 3.8) is 0 Å². The van der Waals surface area contributed by atoms with Crippen LogP contribution in [0.4, 0.5) is 5.82 Å². The second-order valence-corrected chi connectivity index (χ2v) is 8.04. The molecule has 3 heterocycles. The Kier molecular flexibility index (Phi) is 5.10. The Hall–Kier alpha value is -2.05. The highest BCUT2D eigenvalue weighted by Gasteiger charge is 2.20. The van der Waals surface area contributed by atoms with E-state index >= 15 is 0 Å². The third-order valence-electron chi connectivity index (χ3n) is 5.29. The summed E-state index contributed by atoms with van der Waals surface area (Å²) < 4.78 is 2.05. The molecule has 6 heteroatoms. The van der Waals surface area contributed by atoms with Crippen LogP contribution in [-0.4, -0.2) is 32.7 Å². The number of anilines is 1. The van der Waals surface area contributed by atoms with Gasteiger partial charge in [-0.15, -0.1) is 11.8 Å². The molecule has 2 aromatic heterocycles. The molecule has 1 aromatic carbocycles. The number of aryl methyl sites for hydroxylation is 2. The van der Waals surface area contributed by atoms with E-state index < -0.39 is 6.10 Å². The van der Waals surface area contributed by atoms with Gasteiger partial charge in [0.1, 0.15) is 5.82 Å². The zero-order chi connectivity index (χ0) is 19.0. The summed E-state index contributed by atoms with van der Waals surface area (Å²) >= 11 is 1.76. The van der Waals surface area contributed by atoms with Crippen LogP contribution in [-0.2, 0) is 13.1 Å². The topological polar surface area (TPSA) is 54.2 Å². The third-order valence-corrected chi connectivity index (χ3v) is 6.02. The van der Waals surface area contributed by atoms with E-state index in [-0.39, 0.29) is 0 Å². The van der Waals surface area contributed by atoms with Crippen molar-refractivity contribution in [1.29, 1.82) is 0 Å². The lowest BCUT2D eigenvalue weighted by Crippen LogP contribution is -2.23. The molecule has 5 nitrogen and oxygen atoms in total. The van der Waals surface area contributed by atoms with Crippen LogP contribution in [0.3, 0.4) is 0 Å². The maximum Gasteiger partial charge on any atom is 0.129 e. The Morgan fingerprint density at radius 3 is 2.85 bits per heavy atom. The van der Waals surface area contributed by atoms with Crippen LogP contribution in [0, 0.1) is 6.92 Å². The maximum atomic E-state index is 10.1. The Morgan fingerprint density at radius 2 is 2.07 bits per heavy atom. The molecule has 1 atom stereocenters. The first-order chi connectivity index (χ1) is 13.1. The lowest BCUT2D eigenvalue weighted by atomic mass is 10.1. The monoisotopic (exact) mass is 382 g/mol. The van der Waals surface area contributed by atoms with Gasteiger partial charge in [0.15, 0.2) is 0 Å². The number of benzene rings is 1. The molecule has 0 saturated carbocycles. The van der Waals surface area contributed by atoms with Crippen molar-refractivity contribution in [3.05, 3.63) is 47.3 Å². The average molecular weight is 383 g/mol. The van der Waals surface area contributed by atoms with Crippen molar-refractivity contribution in [2.24, 2.45) is 0 Å². The highest BCUT2D eigenvalue weighted by atomic mass is 32.2. The van der Waals surface area contributed by atoms with E-state index in [1.807, 2.05) is 17.7 Å². The highest BCUT2D eigenvalue weighted by molar-refractivity contribution is 7.98. The Labute approximate surface area is 164 Å². The van der Waals surface area contributed by atoms with Gasteiger partial charge < -0.3 is 10.0 Å². The summed E-state index contributed by atoms with van der Waals surface area (Å²) in [4.78, 5) is 8.54. The van der Waals surface area contributed by atoms with Crippen LogP contribution in [0.2, 0.25) is 0 Å². The van der Waals surface area contributed by atoms with Crippen molar-refractivity contribution in [2.75, 3.05) is 17.7 Å². The minimum atomic E-state index is -0.482. The number of hydrogen-bond acceptors (Lipinski definition) is 5. The largest absolute Gasteiger partial charge is 0.387 e. The highest BCUT2D eigenvalue weighted by Crippen LogP contribution is 2.28. The summed E-state index contributed by atoms with van der Waals surface area (Å²) in [6, 6.07) is 10.7. The van der Waals surface area contributed by atoms with Crippen molar-refractivity contribution in [1.82, 2.24) is 14.8 Å². The average Bonchev–Trinajstić information content (AvgIpc) is 2.98. The van der Waals surface area contributed by atoms with Crippen molar-refractivity contribution in [2.45, 2.75) is 50.8 Å². The quantitative estimate of drug-likeness (QED) is 0.681. The second-order valence-electron chi connectivity index (χ2n) is 7.16. The molecule has 27 heavy (non-hydrogen) atoms. The van der Waals surface area contributed by atoms with Crippen LogP contribution in [0.1, 0.15) is 42.8 Å². The van der Waals surface area contributed by atoms with Gasteiger partial charge in [-0.3, -0.25) is 4.68 Å². The van der Waals surface area contributed by atoms with Crippen molar-refractivity contribution in [3.8, 4) is 0 Å². The molecule has 0 amide bonds. The zero-order valence-electron chi connectivity index (χ0n) is 16.1. The second kappa shape index (κ2) is 7.52. The molecule has 0 radical (unpaired) electrons. The maximum absolute atomic E-state index is 10.1. The molecule has 0 bridgehead atoms. The number of nitrogens with zero attached hydrogens (tertiary/aromatic N) is 4. The fourth-order valence-electron chi connectivity index (χ4n) is 3.70. The summed E-state index contributed by atoms with van der Waals surface area (Å²) in [5, 5.41) is 16.0. The third kappa shape index (κ3) is 3.56. The van der Waals surface area contributed by atoms with Gasteiger partial charge >= 0.3 is 0 Å². The van der Waals surface area contributed by atoms with E-state index in [1.54, 1.807) is 11.8 Å². The fraction of sp³-hybridized carbons (Fsp3) is 0.429. The first-order valence-electron chi connectivity index (χ1n) is 9.54. The zero-order valence-corrected chi connectivity index (χ0v) is 17.0.